The molecule has 0 aliphatic heterocycles. The lowest BCUT2D eigenvalue weighted by Gasteiger charge is -2.15. The van der Waals surface area contributed by atoms with Gasteiger partial charge in [-0.1, -0.05) is 11.6 Å². The number of nitrogens with one attached hydrogen (secondary N) is 1. The van der Waals surface area contributed by atoms with Crippen LogP contribution in [0, 0.1) is 6.92 Å². The lowest BCUT2D eigenvalue weighted by Crippen LogP contribution is -2.24. The van der Waals surface area contributed by atoms with Gasteiger partial charge in [-0.3, -0.25) is 9.69 Å². The van der Waals surface area contributed by atoms with Gasteiger partial charge in [0.1, 0.15) is 17.3 Å². The van der Waals surface area contributed by atoms with Crippen LogP contribution in [0.3, 0.4) is 0 Å². The van der Waals surface area contributed by atoms with Gasteiger partial charge in [0.05, 0.1) is 19.3 Å². The third-order valence-corrected chi connectivity index (χ3v) is 3.61. The third kappa shape index (κ3) is 5.30. The topological polar surface area (TPSA) is 54.7 Å². The minimum absolute atomic E-state index is 0.0898. The van der Waals surface area contributed by atoms with Crippen molar-refractivity contribution >= 4 is 23.2 Å². The van der Waals surface area contributed by atoms with Crippen molar-refractivity contribution in [3.05, 3.63) is 46.9 Å². The summed E-state index contributed by atoms with van der Waals surface area (Å²) in [4.78, 5) is 14.1. The van der Waals surface area contributed by atoms with Crippen LogP contribution in [-0.2, 0) is 11.3 Å². The summed E-state index contributed by atoms with van der Waals surface area (Å²) >= 11 is 5.95. The minimum atomic E-state index is -0.0898. The molecule has 0 unspecified atom stereocenters. The number of hydrogen-bond donors (Lipinski definition) is 1. The molecule has 5 nitrogen and oxygen atoms in total. The van der Waals surface area contributed by atoms with E-state index in [1.54, 1.807) is 25.3 Å². The van der Waals surface area contributed by atoms with Crippen LogP contribution in [0.2, 0.25) is 5.02 Å². The predicted octanol–water partition coefficient (Wildman–Crippen LogP) is 3.71. The van der Waals surface area contributed by atoms with Crippen LogP contribution in [-0.4, -0.2) is 31.5 Å². The van der Waals surface area contributed by atoms with Crippen molar-refractivity contribution in [2.45, 2.75) is 19.9 Å². The van der Waals surface area contributed by atoms with Crippen molar-refractivity contribution in [3.8, 4) is 5.75 Å². The van der Waals surface area contributed by atoms with E-state index in [0.717, 1.165) is 11.5 Å². The van der Waals surface area contributed by atoms with Gasteiger partial charge in [-0.05, 0) is 44.3 Å². The van der Waals surface area contributed by atoms with Crippen LogP contribution in [0.1, 0.15) is 17.9 Å². The van der Waals surface area contributed by atoms with Gasteiger partial charge in [0.2, 0.25) is 5.91 Å². The number of carbonyl (C=O) groups is 1. The highest BCUT2D eigenvalue weighted by molar-refractivity contribution is 6.31. The van der Waals surface area contributed by atoms with Crippen LogP contribution in [0.4, 0.5) is 5.69 Å². The van der Waals surface area contributed by atoms with Crippen molar-refractivity contribution in [3.63, 3.8) is 0 Å². The molecule has 1 N–H and O–H groups in total. The first-order chi connectivity index (χ1) is 11.0. The quantitative estimate of drug-likeness (QED) is 0.837. The molecule has 0 fully saturated rings. The zero-order valence-electron chi connectivity index (χ0n) is 13.6. The van der Waals surface area contributed by atoms with E-state index in [0.29, 0.717) is 36.0 Å². The zero-order chi connectivity index (χ0) is 16.8. The average molecular weight is 337 g/mol. The standard InChI is InChI=1S/C17H21ClN2O3/c1-12-4-6-14(23-12)11-20(2)9-8-17(21)19-15-10-13(18)5-7-16(15)22-3/h4-7,10H,8-9,11H2,1-3H3,(H,19,21). The highest BCUT2D eigenvalue weighted by Crippen LogP contribution is 2.27. The zero-order valence-corrected chi connectivity index (χ0v) is 14.3. The van der Waals surface area contributed by atoms with Gasteiger partial charge in [-0.15, -0.1) is 0 Å². The van der Waals surface area contributed by atoms with E-state index in [9.17, 15) is 4.79 Å². The largest absolute Gasteiger partial charge is 0.495 e. The number of halogens is 1. The minimum Gasteiger partial charge on any atom is -0.495 e. The van der Waals surface area contributed by atoms with Gasteiger partial charge < -0.3 is 14.5 Å². The average Bonchev–Trinajstić information content (AvgIpc) is 2.90. The van der Waals surface area contributed by atoms with Gasteiger partial charge in [0, 0.05) is 18.0 Å². The van der Waals surface area contributed by atoms with Crippen LogP contribution in [0.15, 0.2) is 34.7 Å². The Hall–Kier alpha value is -1.98. The Morgan fingerprint density at radius 2 is 2.13 bits per heavy atom. The molecule has 0 bridgehead atoms. The number of nitrogens with zero attached hydrogens (tertiary/aromatic N) is 1. The molecule has 23 heavy (non-hydrogen) atoms. The molecule has 0 radical (unpaired) electrons. The molecule has 0 aliphatic carbocycles. The molecule has 0 saturated carbocycles. The fourth-order valence-electron chi connectivity index (χ4n) is 2.20. The number of rotatable bonds is 7. The van der Waals surface area contributed by atoms with E-state index in [-0.39, 0.29) is 5.91 Å². The van der Waals surface area contributed by atoms with E-state index < -0.39 is 0 Å². The Labute approximate surface area is 141 Å². The number of aryl methyl sites for hydroxylation is 1. The van der Waals surface area contributed by atoms with Gasteiger partial charge in [-0.25, -0.2) is 0 Å². The monoisotopic (exact) mass is 336 g/mol. The number of amides is 1. The number of anilines is 1. The lowest BCUT2D eigenvalue weighted by atomic mass is 10.2. The van der Waals surface area contributed by atoms with Crippen LogP contribution < -0.4 is 10.1 Å². The summed E-state index contributed by atoms with van der Waals surface area (Å²) < 4.78 is 10.7. The van der Waals surface area contributed by atoms with Gasteiger partial charge in [0.25, 0.3) is 0 Å². The second-order valence-electron chi connectivity index (χ2n) is 5.39. The third-order valence-electron chi connectivity index (χ3n) is 3.38. The molecule has 0 saturated heterocycles. The maximum atomic E-state index is 12.1. The fraction of sp³-hybridized carbons (Fsp3) is 0.353. The van der Waals surface area contributed by atoms with Crippen molar-refractivity contribution in [1.82, 2.24) is 4.90 Å². The smallest absolute Gasteiger partial charge is 0.225 e. The predicted molar refractivity (Wildman–Crippen MR) is 91.0 cm³/mol. The summed E-state index contributed by atoms with van der Waals surface area (Å²) in [6, 6.07) is 9.00. The van der Waals surface area contributed by atoms with E-state index in [2.05, 4.69) is 5.32 Å². The molecule has 2 aromatic rings. The van der Waals surface area contributed by atoms with E-state index in [4.69, 9.17) is 20.8 Å². The Balaban J connectivity index is 1.84. The van der Waals surface area contributed by atoms with Crippen LogP contribution >= 0.6 is 11.6 Å². The molecule has 1 amide bonds. The molecule has 0 aliphatic rings. The van der Waals surface area contributed by atoms with Crippen molar-refractivity contribution < 1.29 is 13.9 Å². The van der Waals surface area contributed by atoms with Gasteiger partial charge >= 0.3 is 0 Å². The van der Waals surface area contributed by atoms with Gasteiger partial charge in [0.15, 0.2) is 0 Å². The van der Waals surface area contributed by atoms with Crippen molar-refractivity contribution in [2.24, 2.45) is 0 Å². The Bertz CT molecular complexity index is 670. The highest BCUT2D eigenvalue weighted by atomic mass is 35.5. The summed E-state index contributed by atoms with van der Waals surface area (Å²) in [5, 5.41) is 3.37. The number of methoxy groups -OCH3 is 1. The summed E-state index contributed by atoms with van der Waals surface area (Å²) in [5.74, 6) is 2.27. The summed E-state index contributed by atoms with van der Waals surface area (Å²) in [6.07, 6.45) is 0.367. The van der Waals surface area contributed by atoms with Crippen LogP contribution in [0.25, 0.3) is 0 Å². The number of benzene rings is 1. The summed E-state index contributed by atoms with van der Waals surface area (Å²) in [5.41, 5.74) is 0.578. The summed E-state index contributed by atoms with van der Waals surface area (Å²) in [7, 11) is 3.50. The van der Waals surface area contributed by atoms with E-state index in [1.807, 2.05) is 31.0 Å². The number of ether oxygens (including phenoxy) is 1. The fourth-order valence-corrected chi connectivity index (χ4v) is 2.37. The normalized spacial score (nSPS) is 10.8. The molecule has 124 valence electrons. The summed E-state index contributed by atoms with van der Waals surface area (Å²) in [6.45, 7) is 3.20. The second-order valence-corrected chi connectivity index (χ2v) is 5.83. The Kier molecular flexibility index (Phi) is 6.07. The van der Waals surface area contributed by atoms with Crippen LogP contribution in [0.5, 0.6) is 5.75 Å². The van der Waals surface area contributed by atoms with E-state index >= 15 is 0 Å². The molecule has 1 aromatic carbocycles. The van der Waals surface area contributed by atoms with Gasteiger partial charge in [-0.2, -0.15) is 0 Å². The maximum absolute atomic E-state index is 12.1. The second kappa shape index (κ2) is 8.04. The van der Waals surface area contributed by atoms with Crippen molar-refractivity contribution in [1.29, 1.82) is 0 Å². The first-order valence-corrected chi connectivity index (χ1v) is 7.73. The molecule has 0 spiro atoms. The Morgan fingerprint density at radius 1 is 1.35 bits per heavy atom. The molecule has 0 atom stereocenters. The number of hydrogen-bond acceptors (Lipinski definition) is 4. The molecule has 6 heteroatoms. The number of furan rings is 1. The highest BCUT2D eigenvalue weighted by Gasteiger charge is 2.10. The number of carbonyl (C=O) groups excluding carboxylic acids is 1. The molecule has 2 rings (SSSR count). The SMILES string of the molecule is COc1ccc(Cl)cc1NC(=O)CCN(C)Cc1ccc(C)o1. The molecular weight excluding hydrogens is 316 g/mol. The maximum Gasteiger partial charge on any atom is 0.225 e. The molecule has 1 heterocycles. The Morgan fingerprint density at radius 3 is 2.78 bits per heavy atom. The van der Waals surface area contributed by atoms with Crippen molar-refractivity contribution in [2.75, 3.05) is 26.0 Å². The lowest BCUT2D eigenvalue weighted by molar-refractivity contribution is -0.116. The van der Waals surface area contributed by atoms with E-state index in [1.165, 1.54) is 0 Å². The molecule has 1 aromatic heterocycles. The first kappa shape index (κ1) is 17.4. The molecular formula is C17H21ClN2O3. The first-order valence-electron chi connectivity index (χ1n) is 7.35.